The van der Waals surface area contributed by atoms with E-state index in [2.05, 4.69) is 137 Å². The van der Waals surface area contributed by atoms with Gasteiger partial charge in [0, 0.05) is 50.2 Å². The summed E-state index contributed by atoms with van der Waals surface area (Å²) in [6.07, 6.45) is 0. The van der Waals surface area contributed by atoms with Crippen molar-refractivity contribution in [3.8, 4) is 11.5 Å². The number of furan rings is 1. The highest BCUT2D eigenvalue weighted by Gasteiger charge is 2.23. The molecule has 0 saturated carbocycles. The molecule has 246 valence electrons. The molecule has 0 saturated heterocycles. The molecule has 0 N–H and O–H groups in total. The summed E-state index contributed by atoms with van der Waals surface area (Å²) in [6.45, 7) is 0. The number of aromatic nitrogens is 1. The van der Waals surface area contributed by atoms with Crippen LogP contribution in [0.1, 0.15) is 0 Å². The molecular weight excluding hydrogens is 639 g/mol. The molecule has 0 aliphatic carbocycles. The van der Waals surface area contributed by atoms with E-state index in [1.807, 2.05) is 60.7 Å². The van der Waals surface area contributed by atoms with Gasteiger partial charge in [0.2, 0.25) is 5.89 Å². The zero-order valence-corrected chi connectivity index (χ0v) is 28.1. The Bertz CT molecular complexity index is 2810. The molecule has 0 atom stereocenters. The van der Waals surface area contributed by atoms with Crippen LogP contribution in [0.4, 0.5) is 34.1 Å². The van der Waals surface area contributed by atoms with Crippen molar-refractivity contribution in [2.45, 2.75) is 0 Å². The van der Waals surface area contributed by atoms with Crippen LogP contribution in [0.5, 0.6) is 0 Å². The molecule has 2 aromatic heterocycles. The van der Waals surface area contributed by atoms with Crippen LogP contribution in [0, 0.1) is 0 Å². The minimum Gasteiger partial charge on any atom is -0.456 e. The second-order valence-electron chi connectivity index (χ2n) is 12.8. The van der Waals surface area contributed by atoms with Crippen molar-refractivity contribution in [1.82, 2.24) is 4.98 Å². The standard InChI is InChI=1S/C47H31N3O2/c1-5-15-32(16-6-1)47-48-45-42(50(35-19-9-3-10-20-35)36-21-11-4-12-22-36)30-33-29-37(25-27-39(33)46(45)52-47)49(34-17-7-2-8-18-34)38-26-28-44-41(31-38)40-23-13-14-24-43(40)51-44/h1-31H. The van der Waals surface area contributed by atoms with Crippen LogP contribution in [0.3, 0.4) is 0 Å². The molecule has 0 radical (unpaired) electrons. The third-order valence-corrected chi connectivity index (χ3v) is 9.62. The van der Waals surface area contributed by atoms with Gasteiger partial charge in [-0.05, 0) is 102 Å². The summed E-state index contributed by atoms with van der Waals surface area (Å²) in [5, 5.41) is 4.19. The quantitative estimate of drug-likeness (QED) is 0.169. The summed E-state index contributed by atoms with van der Waals surface area (Å²) >= 11 is 0. The number of benzene rings is 8. The van der Waals surface area contributed by atoms with Crippen molar-refractivity contribution in [2.75, 3.05) is 9.80 Å². The topological polar surface area (TPSA) is 45.7 Å². The molecule has 52 heavy (non-hydrogen) atoms. The van der Waals surface area contributed by atoms with Gasteiger partial charge in [-0.2, -0.15) is 0 Å². The molecular formula is C47H31N3O2. The summed E-state index contributed by atoms with van der Waals surface area (Å²) in [6, 6.07) is 64.9. The molecule has 0 fully saturated rings. The van der Waals surface area contributed by atoms with E-state index in [9.17, 15) is 0 Å². The van der Waals surface area contributed by atoms with Gasteiger partial charge in [0.1, 0.15) is 16.7 Å². The maximum Gasteiger partial charge on any atom is 0.227 e. The Balaban J connectivity index is 1.23. The Morgan fingerprint density at radius 3 is 1.63 bits per heavy atom. The minimum atomic E-state index is 0.584. The van der Waals surface area contributed by atoms with E-state index in [0.29, 0.717) is 5.89 Å². The lowest BCUT2D eigenvalue weighted by molar-refractivity contribution is 0.623. The van der Waals surface area contributed by atoms with Crippen LogP contribution in [-0.4, -0.2) is 4.98 Å². The average molecular weight is 670 g/mol. The molecule has 0 unspecified atom stereocenters. The molecule has 0 bridgehead atoms. The normalized spacial score (nSPS) is 11.5. The molecule has 10 aromatic rings. The maximum absolute atomic E-state index is 6.72. The molecule has 8 aromatic carbocycles. The zero-order chi connectivity index (χ0) is 34.4. The monoisotopic (exact) mass is 669 g/mol. The summed E-state index contributed by atoms with van der Waals surface area (Å²) in [5.41, 5.74) is 10.3. The van der Waals surface area contributed by atoms with Crippen molar-refractivity contribution < 1.29 is 8.83 Å². The van der Waals surface area contributed by atoms with Crippen LogP contribution in [0.15, 0.2) is 197 Å². The number of rotatable bonds is 7. The number of para-hydroxylation sites is 4. The van der Waals surface area contributed by atoms with Crippen molar-refractivity contribution in [3.63, 3.8) is 0 Å². The fourth-order valence-corrected chi connectivity index (χ4v) is 7.24. The second-order valence-corrected chi connectivity index (χ2v) is 12.8. The van der Waals surface area contributed by atoms with E-state index in [1.165, 1.54) is 0 Å². The highest BCUT2D eigenvalue weighted by Crippen LogP contribution is 2.45. The fraction of sp³-hybridized carbons (Fsp3) is 0. The van der Waals surface area contributed by atoms with Crippen LogP contribution >= 0.6 is 0 Å². The van der Waals surface area contributed by atoms with Gasteiger partial charge in [0.05, 0.1) is 5.69 Å². The van der Waals surface area contributed by atoms with Crippen LogP contribution < -0.4 is 9.80 Å². The van der Waals surface area contributed by atoms with Crippen molar-refractivity contribution in [2.24, 2.45) is 0 Å². The SMILES string of the molecule is c1ccc(-c2nc3c(N(c4ccccc4)c4ccccc4)cc4cc(N(c5ccccc5)c5ccc6oc7ccccc7c6c5)ccc4c3o2)cc1. The van der Waals surface area contributed by atoms with Gasteiger partial charge in [0.15, 0.2) is 5.58 Å². The van der Waals surface area contributed by atoms with Crippen molar-refractivity contribution in [1.29, 1.82) is 0 Å². The van der Waals surface area contributed by atoms with E-state index >= 15 is 0 Å². The average Bonchev–Trinajstić information content (AvgIpc) is 3.83. The van der Waals surface area contributed by atoms with Gasteiger partial charge in [-0.1, -0.05) is 91.0 Å². The second kappa shape index (κ2) is 12.3. The number of nitrogens with zero attached hydrogens (tertiary/aromatic N) is 3. The highest BCUT2D eigenvalue weighted by atomic mass is 16.3. The number of fused-ring (bicyclic) bond motifs is 6. The van der Waals surface area contributed by atoms with E-state index < -0.39 is 0 Å². The first-order valence-corrected chi connectivity index (χ1v) is 17.4. The van der Waals surface area contributed by atoms with Gasteiger partial charge in [-0.3, -0.25) is 0 Å². The molecule has 2 heterocycles. The number of hydrogen-bond donors (Lipinski definition) is 0. The van der Waals surface area contributed by atoms with Crippen LogP contribution in [0.2, 0.25) is 0 Å². The van der Waals surface area contributed by atoms with E-state index in [-0.39, 0.29) is 0 Å². The first-order valence-electron chi connectivity index (χ1n) is 17.4. The van der Waals surface area contributed by atoms with E-state index in [0.717, 1.165) is 83.5 Å². The van der Waals surface area contributed by atoms with Crippen LogP contribution in [-0.2, 0) is 0 Å². The van der Waals surface area contributed by atoms with Crippen molar-refractivity contribution >= 4 is 77.9 Å². The van der Waals surface area contributed by atoms with E-state index in [4.69, 9.17) is 13.8 Å². The Labute approximate surface area is 300 Å². The van der Waals surface area contributed by atoms with Gasteiger partial charge in [-0.15, -0.1) is 0 Å². The first-order chi connectivity index (χ1) is 25.8. The predicted octanol–water partition coefficient (Wildman–Crippen LogP) is 13.5. The fourth-order valence-electron chi connectivity index (χ4n) is 7.24. The third-order valence-electron chi connectivity index (χ3n) is 9.62. The molecule has 5 nitrogen and oxygen atoms in total. The van der Waals surface area contributed by atoms with E-state index in [1.54, 1.807) is 0 Å². The Morgan fingerprint density at radius 1 is 0.385 bits per heavy atom. The van der Waals surface area contributed by atoms with Gasteiger partial charge < -0.3 is 18.6 Å². The number of hydrogen-bond acceptors (Lipinski definition) is 5. The Kier molecular flexibility index (Phi) is 7.07. The number of anilines is 6. The lowest BCUT2D eigenvalue weighted by Gasteiger charge is -2.27. The Hall–Kier alpha value is -7.11. The molecule has 5 heteroatoms. The van der Waals surface area contributed by atoms with Gasteiger partial charge >= 0.3 is 0 Å². The summed E-state index contributed by atoms with van der Waals surface area (Å²) < 4.78 is 12.9. The molecule has 0 aliphatic heterocycles. The van der Waals surface area contributed by atoms with Crippen molar-refractivity contribution in [3.05, 3.63) is 188 Å². The summed E-state index contributed by atoms with van der Waals surface area (Å²) in [7, 11) is 0. The smallest absolute Gasteiger partial charge is 0.227 e. The van der Waals surface area contributed by atoms with Gasteiger partial charge in [-0.25, -0.2) is 4.98 Å². The molecule has 0 aliphatic rings. The largest absolute Gasteiger partial charge is 0.456 e. The van der Waals surface area contributed by atoms with Gasteiger partial charge in [0.25, 0.3) is 0 Å². The molecule has 10 rings (SSSR count). The predicted molar refractivity (Wildman–Crippen MR) is 214 cm³/mol. The maximum atomic E-state index is 6.72. The zero-order valence-electron chi connectivity index (χ0n) is 28.1. The first kappa shape index (κ1) is 29.8. The molecule has 0 amide bonds. The minimum absolute atomic E-state index is 0.584. The lowest BCUT2D eigenvalue weighted by atomic mass is 10.0. The summed E-state index contributed by atoms with van der Waals surface area (Å²) in [4.78, 5) is 9.74. The number of oxazole rings is 1. The Morgan fingerprint density at radius 2 is 0.942 bits per heavy atom. The summed E-state index contributed by atoms with van der Waals surface area (Å²) in [5.74, 6) is 0.584. The van der Waals surface area contributed by atoms with Crippen LogP contribution in [0.25, 0.3) is 55.3 Å². The highest BCUT2D eigenvalue weighted by molar-refractivity contribution is 6.12. The molecule has 0 spiro atoms. The third kappa shape index (κ3) is 5.07. The lowest BCUT2D eigenvalue weighted by Crippen LogP contribution is -2.11.